The molecule has 0 amide bonds. The molecule has 0 heterocycles. The van der Waals surface area contributed by atoms with Gasteiger partial charge in [0, 0.05) is 25.2 Å². The van der Waals surface area contributed by atoms with Crippen molar-refractivity contribution < 1.29 is 9.50 Å². The molecule has 1 aromatic carbocycles. The third kappa shape index (κ3) is 6.43. The van der Waals surface area contributed by atoms with Gasteiger partial charge in [-0.1, -0.05) is 19.9 Å². The van der Waals surface area contributed by atoms with Gasteiger partial charge < -0.3 is 15.7 Å². The number of rotatable bonds is 7. The van der Waals surface area contributed by atoms with Crippen molar-refractivity contribution in [1.82, 2.24) is 10.6 Å². The molecule has 0 saturated carbocycles. The normalized spacial score (nSPS) is 13.3. The molecule has 0 bridgehead atoms. The van der Waals surface area contributed by atoms with Crippen molar-refractivity contribution in [3.63, 3.8) is 0 Å². The molecule has 1 atom stereocenters. The Morgan fingerprint density at radius 1 is 1.27 bits per heavy atom. The number of guanidine groups is 1. The van der Waals surface area contributed by atoms with E-state index in [2.05, 4.69) is 36.4 Å². The number of nitrogens with zero attached hydrogens (tertiary/aromatic N) is 1. The third-order valence-corrected chi connectivity index (χ3v) is 3.52. The topological polar surface area (TPSA) is 56.7 Å². The van der Waals surface area contributed by atoms with Gasteiger partial charge in [0.25, 0.3) is 0 Å². The molecule has 0 spiro atoms. The zero-order valence-corrected chi connectivity index (χ0v) is 14.0. The van der Waals surface area contributed by atoms with Gasteiger partial charge in [0.05, 0.1) is 6.61 Å². The van der Waals surface area contributed by atoms with Crippen LogP contribution in [0.25, 0.3) is 0 Å². The summed E-state index contributed by atoms with van der Waals surface area (Å²) in [6.07, 6.45) is 2.26. The average Bonchev–Trinajstić information content (AvgIpc) is 2.50. The van der Waals surface area contributed by atoms with Gasteiger partial charge >= 0.3 is 0 Å². The molecule has 0 radical (unpaired) electrons. The van der Waals surface area contributed by atoms with E-state index in [-0.39, 0.29) is 12.4 Å². The molecule has 0 aliphatic carbocycles. The molecular weight excluding hydrogens is 281 g/mol. The summed E-state index contributed by atoms with van der Waals surface area (Å²) >= 11 is 0. The Balaban J connectivity index is 2.50. The van der Waals surface area contributed by atoms with E-state index in [1.165, 1.54) is 12.5 Å². The second kappa shape index (κ2) is 9.41. The molecule has 1 unspecified atom stereocenters. The summed E-state index contributed by atoms with van der Waals surface area (Å²) in [6, 6.07) is 5.09. The van der Waals surface area contributed by atoms with Crippen LogP contribution < -0.4 is 10.6 Å². The predicted octanol–water partition coefficient (Wildman–Crippen LogP) is 2.81. The van der Waals surface area contributed by atoms with E-state index in [0.29, 0.717) is 24.1 Å². The Morgan fingerprint density at radius 2 is 2.00 bits per heavy atom. The van der Waals surface area contributed by atoms with E-state index in [1.54, 1.807) is 19.2 Å². The van der Waals surface area contributed by atoms with E-state index in [0.717, 1.165) is 17.9 Å². The van der Waals surface area contributed by atoms with Gasteiger partial charge in [0.1, 0.15) is 5.82 Å². The maximum Gasteiger partial charge on any atom is 0.191 e. The van der Waals surface area contributed by atoms with Crippen molar-refractivity contribution in [2.45, 2.75) is 52.8 Å². The van der Waals surface area contributed by atoms with Crippen molar-refractivity contribution in [3.05, 3.63) is 35.1 Å². The smallest absolute Gasteiger partial charge is 0.191 e. The number of aliphatic imine (C=N–C) groups is 1. The molecule has 0 saturated heterocycles. The first kappa shape index (κ1) is 18.4. The van der Waals surface area contributed by atoms with Crippen LogP contribution in [0.1, 0.15) is 44.7 Å². The van der Waals surface area contributed by atoms with E-state index >= 15 is 0 Å². The van der Waals surface area contributed by atoms with Gasteiger partial charge in [-0.15, -0.1) is 0 Å². The summed E-state index contributed by atoms with van der Waals surface area (Å²) in [5.41, 5.74) is 1.22. The number of aliphatic hydroxyl groups excluding tert-OH is 1. The number of hydrogen-bond donors (Lipinski definition) is 3. The molecule has 0 aliphatic rings. The zero-order chi connectivity index (χ0) is 16.5. The van der Waals surface area contributed by atoms with Gasteiger partial charge in [-0.3, -0.25) is 4.99 Å². The second-order valence-corrected chi connectivity index (χ2v) is 6.03. The van der Waals surface area contributed by atoms with Crippen LogP contribution in [0.2, 0.25) is 0 Å². The Bertz CT molecular complexity index is 489. The van der Waals surface area contributed by atoms with Gasteiger partial charge in [-0.25, -0.2) is 4.39 Å². The summed E-state index contributed by atoms with van der Waals surface area (Å²) in [6.45, 7) is 6.81. The molecule has 0 aromatic heterocycles. The molecule has 124 valence electrons. The molecule has 3 N–H and O–H groups in total. The van der Waals surface area contributed by atoms with Crippen molar-refractivity contribution >= 4 is 5.96 Å². The van der Waals surface area contributed by atoms with Crippen LogP contribution >= 0.6 is 0 Å². The molecule has 0 fully saturated rings. The molecule has 5 heteroatoms. The van der Waals surface area contributed by atoms with Crippen molar-refractivity contribution in [3.8, 4) is 0 Å². The fourth-order valence-electron chi connectivity index (χ4n) is 2.13. The highest BCUT2D eigenvalue weighted by molar-refractivity contribution is 5.79. The summed E-state index contributed by atoms with van der Waals surface area (Å²) in [5, 5.41) is 15.7. The van der Waals surface area contributed by atoms with E-state index < -0.39 is 0 Å². The summed E-state index contributed by atoms with van der Waals surface area (Å²) in [4.78, 5) is 4.20. The van der Waals surface area contributed by atoms with Crippen molar-refractivity contribution in [2.75, 3.05) is 7.05 Å². The lowest BCUT2D eigenvalue weighted by molar-refractivity contribution is 0.275. The van der Waals surface area contributed by atoms with Gasteiger partial charge in [-0.2, -0.15) is 0 Å². The van der Waals surface area contributed by atoms with Gasteiger partial charge in [-0.05, 0) is 43.4 Å². The minimum absolute atomic E-state index is 0.293. The number of nitrogens with one attached hydrogen (secondary N) is 2. The number of aliphatic hydroxyl groups is 1. The highest BCUT2D eigenvalue weighted by Gasteiger charge is 2.07. The first-order valence-corrected chi connectivity index (χ1v) is 7.81. The van der Waals surface area contributed by atoms with Crippen LogP contribution in [0.15, 0.2) is 23.2 Å². The minimum Gasteiger partial charge on any atom is -0.392 e. The number of hydrogen-bond acceptors (Lipinski definition) is 2. The monoisotopic (exact) mass is 309 g/mol. The fraction of sp³-hybridized carbons (Fsp3) is 0.588. The second-order valence-electron chi connectivity index (χ2n) is 6.03. The largest absolute Gasteiger partial charge is 0.392 e. The Morgan fingerprint density at radius 3 is 2.59 bits per heavy atom. The quantitative estimate of drug-likeness (QED) is 0.536. The predicted molar refractivity (Wildman–Crippen MR) is 89.2 cm³/mol. The highest BCUT2D eigenvalue weighted by Crippen LogP contribution is 2.10. The maximum atomic E-state index is 13.3. The SMILES string of the molecule is CN=C(NCc1ccc(F)c(CO)c1)NC(C)CCC(C)C. The minimum atomic E-state index is -0.379. The third-order valence-electron chi connectivity index (χ3n) is 3.52. The van der Waals surface area contributed by atoms with Crippen LogP contribution in [0.5, 0.6) is 0 Å². The highest BCUT2D eigenvalue weighted by atomic mass is 19.1. The van der Waals surface area contributed by atoms with Crippen molar-refractivity contribution in [2.24, 2.45) is 10.9 Å². The van der Waals surface area contributed by atoms with Crippen LogP contribution in [0, 0.1) is 11.7 Å². The maximum absolute atomic E-state index is 13.3. The molecule has 1 rings (SSSR count). The first-order valence-electron chi connectivity index (χ1n) is 7.81. The lowest BCUT2D eigenvalue weighted by Gasteiger charge is -2.19. The van der Waals surface area contributed by atoms with Gasteiger partial charge in [0.15, 0.2) is 5.96 Å². The van der Waals surface area contributed by atoms with Gasteiger partial charge in [0.2, 0.25) is 0 Å². The Labute approximate surface area is 132 Å². The summed E-state index contributed by atoms with van der Waals surface area (Å²) in [5.74, 6) is 1.04. The van der Waals surface area contributed by atoms with Crippen LogP contribution in [-0.2, 0) is 13.2 Å². The van der Waals surface area contributed by atoms with Crippen LogP contribution in [0.3, 0.4) is 0 Å². The first-order chi connectivity index (χ1) is 10.5. The summed E-state index contributed by atoms with van der Waals surface area (Å²) < 4.78 is 13.3. The van der Waals surface area contributed by atoms with Crippen LogP contribution in [-0.4, -0.2) is 24.2 Å². The number of halogens is 1. The average molecular weight is 309 g/mol. The summed E-state index contributed by atoms with van der Waals surface area (Å²) in [7, 11) is 1.73. The van der Waals surface area contributed by atoms with Crippen molar-refractivity contribution in [1.29, 1.82) is 0 Å². The Hall–Kier alpha value is -1.62. The van der Waals surface area contributed by atoms with E-state index in [1.807, 2.05) is 0 Å². The lowest BCUT2D eigenvalue weighted by atomic mass is 10.0. The zero-order valence-electron chi connectivity index (χ0n) is 14.0. The van der Waals surface area contributed by atoms with Crippen LogP contribution in [0.4, 0.5) is 4.39 Å². The standard InChI is InChI=1S/C17H28FN3O/c1-12(2)5-6-13(3)21-17(19-4)20-10-14-7-8-16(18)15(9-14)11-22/h7-9,12-13,22H,5-6,10-11H2,1-4H3,(H2,19,20,21). The van der Waals surface area contributed by atoms with E-state index in [9.17, 15) is 4.39 Å². The fourth-order valence-corrected chi connectivity index (χ4v) is 2.13. The Kier molecular flexibility index (Phi) is 7.88. The number of benzene rings is 1. The molecule has 1 aromatic rings. The molecule has 0 aliphatic heterocycles. The van der Waals surface area contributed by atoms with E-state index in [4.69, 9.17) is 5.11 Å². The lowest BCUT2D eigenvalue weighted by Crippen LogP contribution is -2.41. The molecule has 22 heavy (non-hydrogen) atoms. The molecular formula is C17H28FN3O. The molecule has 4 nitrogen and oxygen atoms in total.